The van der Waals surface area contributed by atoms with Gasteiger partial charge in [-0.05, 0) is 42.9 Å². The topological polar surface area (TPSA) is 41.7 Å². The molecule has 3 aromatic rings. The average Bonchev–Trinajstić information content (AvgIpc) is 3.16. The largest absolute Gasteiger partial charge is 0.497 e. The van der Waals surface area contributed by atoms with Gasteiger partial charge in [-0.3, -0.25) is 0 Å². The van der Waals surface area contributed by atoms with Crippen molar-refractivity contribution in [3.63, 3.8) is 0 Å². The zero-order valence-corrected chi connectivity index (χ0v) is 14.7. The first-order valence-electron chi connectivity index (χ1n) is 8.78. The fourth-order valence-corrected chi connectivity index (χ4v) is 3.36. The van der Waals surface area contributed by atoms with Crippen molar-refractivity contribution >= 4 is 16.8 Å². The summed E-state index contributed by atoms with van der Waals surface area (Å²) in [6.45, 7) is 7.39. The molecule has 130 valence electrons. The summed E-state index contributed by atoms with van der Waals surface area (Å²) in [4.78, 5) is 9.75. The van der Waals surface area contributed by atoms with Gasteiger partial charge in [0.05, 0.1) is 19.1 Å². The molecule has 0 N–H and O–H groups in total. The van der Waals surface area contributed by atoms with Crippen molar-refractivity contribution in [2.24, 2.45) is 0 Å². The van der Waals surface area contributed by atoms with E-state index in [0.717, 1.165) is 66.5 Å². The number of fused-ring (bicyclic) bond motifs is 1. The Labute approximate surface area is 147 Å². The summed E-state index contributed by atoms with van der Waals surface area (Å²) in [5.74, 6) is 1.80. The number of likely N-dealkylation sites (N-methyl/N-ethyl adjacent to an activating group) is 1. The highest BCUT2D eigenvalue weighted by molar-refractivity contribution is 5.90. The molecule has 1 aliphatic rings. The van der Waals surface area contributed by atoms with Crippen molar-refractivity contribution in [3.8, 4) is 17.0 Å². The number of rotatable bonds is 4. The van der Waals surface area contributed by atoms with Gasteiger partial charge in [-0.15, -0.1) is 0 Å². The number of hydrogen-bond donors (Lipinski definition) is 0. The van der Waals surface area contributed by atoms with E-state index in [1.165, 1.54) is 0 Å². The highest BCUT2D eigenvalue weighted by Crippen LogP contribution is 2.32. The van der Waals surface area contributed by atoms with E-state index in [1.54, 1.807) is 13.4 Å². The quantitative estimate of drug-likeness (QED) is 0.727. The summed E-state index contributed by atoms with van der Waals surface area (Å²) in [6.07, 6.45) is 1.75. The van der Waals surface area contributed by atoms with Gasteiger partial charge in [-0.2, -0.15) is 0 Å². The van der Waals surface area contributed by atoms with Gasteiger partial charge in [0.2, 0.25) is 0 Å². The number of ether oxygens (including phenoxy) is 1. The normalized spacial score (nSPS) is 15.7. The van der Waals surface area contributed by atoms with Gasteiger partial charge >= 0.3 is 0 Å². The van der Waals surface area contributed by atoms with Gasteiger partial charge in [0.25, 0.3) is 0 Å². The van der Waals surface area contributed by atoms with Crippen LogP contribution in [0.4, 0.5) is 5.82 Å². The monoisotopic (exact) mass is 337 g/mol. The number of methoxy groups -OCH3 is 1. The van der Waals surface area contributed by atoms with Crippen LogP contribution in [-0.4, -0.2) is 49.7 Å². The summed E-state index contributed by atoms with van der Waals surface area (Å²) >= 11 is 0. The standard InChI is InChI=1S/C20H23N3O2/c1-3-22-9-11-23(12-10-22)20-19-16(8-13-25-19)14-18(21-20)15-4-6-17(24-2)7-5-15/h4-8,13-14H,3,9-12H2,1-2H3. The molecule has 0 amide bonds. The molecular weight excluding hydrogens is 314 g/mol. The summed E-state index contributed by atoms with van der Waals surface area (Å²) in [5.41, 5.74) is 2.92. The van der Waals surface area contributed by atoms with Crippen molar-refractivity contribution in [2.75, 3.05) is 44.7 Å². The van der Waals surface area contributed by atoms with Gasteiger partial charge in [0, 0.05) is 37.1 Å². The van der Waals surface area contributed by atoms with Gasteiger partial charge in [0.1, 0.15) is 5.75 Å². The third-order valence-corrected chi connectivity index (χ3v) is 4.92. The first kappa shape index (κ1) is 16.0. The second kappa shape index (κ2) is 6.76. The van der Waals surface area contributed by atoms with Crippen LogP contribution in [0, 0.1) is 0 Å². The zero-order valence-electron chi connectivity index (χ0n) is 14.7. The van der Waals surface area contributed by atoms with Crippen LogP contribution in [0.1, 0.15) is 6.92 Å². The van der Waals surface area contributed by atoms with E-state index in [-0.39, 0.29) is 0 Å². The lowest BCUT2D eigenvalue weighted by atomic mass is 10.1. The fourth-order valence-electron chi connectivity index (χ4n) is 3.36. The highest BCUT2D eigenvalue weighted by atomic mass is 16.5. The maximum Gasteiger partial charge on any atom is 0.176 e. The lowest BCUT2D eigenvalue weighted by molar-refractivity contribution is 0.270. The smallest absolute Gasteiger partial charge is 0.176 e. The average molecular weight is 337 g/mol. The first-order chi connectivity index (χ1) is 12.3. The van der Waals surface area contributed by atoms with E-state index in [1.807, 2.05) is 30.3 Å². The number of benzene rings is 1. The number of piperazine rings is 1. The Hall–Kier alpha value is -2.53. The predicted octanol–water partition coefficient (Wildman–Crippen LogP) is 3.65. The van der Waals surface area contributed by atoms with Gasteiger partial charge in [-0.1, -0.05) is 6.92 Å². The fraction of sp³-hybridized carbons (Fsp3) is 0.350. The van der Waals surface area contributed by atoms with Crippen LogP contribution in [0.5, 0.6) is 5.75 Å². The van der Waals surface area contributed by atoms with Crippen molar-refractivity contribution < 1.29 is 9.15 Å². The minimum absolute atomic E-state index is 0.851. The van der Waals surface area contributed by atoms with Crippen LogP contribution in [0.2, 0.25) is 0 Å². The van der Waals surface area contributed by atoms with Crippen LogP contribution in [0.15, 0.2) is 47.1 Å². The van der Waals surface area contributed by atoms with Crippen LogP contribution in [0.3, 0.4) is 0 Å². The third-order valence-electron chi connectivity index (χ3n) is 4.92. The Morgan fingerprint density at radius 2 is 1.84 bits per heavy atom. The minimum atomic E-state index is 0.851. The molecular formula is C20H23N3O2. The Kier molecular flexibility index (Phi) is 4.32. The van der Waals surface area contributed by atoms with Crippen LogP contribution in [-0.2, 0) is 0 Å². The van der Waals surface area contributed by atoms with Crippen LogP contribution < -0.4 is 9.64 Å². The summed E-state index contributed by atoms with van der Waals surface area (Å²) in [5, 5.41) is 1.09. The number of aromatic nitrogens is 1. The Morgan fingerprint density at radius 3 is 2.52 bits per heavy atom. The molecule has 5 nitrogen and oxygen atoms in total. The molecule has 1 aromatic carbocycles. The molecule has 0 radical (unpaired) electrons. The molecule has 1 aliphatic heterocycles. The molecule has 0 atom stereocenters. The molecule has 5 heteroatoms. The van der Waals surface area contributed by atoms with Crippen molar-refractivity contribution in [3.05, 3.63) is 42.7 Å². The van der Waals surface area contributed by atoms with Crippen molar-refractivity contribution in [1.82, 2.24) is 9.88 Å². The predicted molar refractivity (Wildman–Crippen MR) is 100 cm³/mol. The summed E-state index contributed by atoms with van der Waals surface area (Å²) in [6, 6.07) is 12.1. The third kappa shape index (κ3) is 3.07. The highest BCUT2D eigenvalue weighted by Gasteiger charge is 2.21. The molecule has 0 spiro atoms. The second-order valence-corrected chi connectivity index (χ2v) is 6.32. The van der Waals surface area contributed by atoms with E-state index in [2.05, 4.69) is 22.8 Å². The van der Waals surface area contributed by atoms with Crippen molar-refractivity contribution in [1.29, 1.82) is 0 Å². The van der Waals surface area contributed by atoms with Gasteiger partial charge < -0.3 is 19.0 Å². The van der Waals surface area contributed by atoms with Crippen LogP contribution >= 0.6 is 0 Å². The van der Waals surface area contributed by atoms with E-state index < -0.39 is 0 Å². The molecule has 3 heterocycles. The molecule has 4 rings (SSSR count). The summed E-state index contributed by atoms with van der Waals surface area (Å²) < 4.78 is 11.0. The van der Waals surface area contributed by atoms with E-state index in [0.29, 0.717) is 0 Å². The van der Waals surface area contributed by atoms with E-state index in [9.17, 15) is 0 Å². The minimum Gasteiger partial charge on any atom is -0.497 e. The molecule has 0 bridgehead atoms. The van der Waals surface area contributed by atoms with Gasteiger partial charge in [0.15, 0.2) is 11.4 Å². The molecule has 2 aromatic heterocycles. The zero-order chi connectivity index (χ0) is 17.2. The number of furan rings is 1. The molecule has 0 aliphatic carbocycles. The lowest BCUT2D eigenvalue weighted by Crippen LogP contribution is -2.46. The number of hydrogen-bond acceptors (Lipinski definition) is 5. The van der Waals surface area contributed by atoms with E-state index >= 15 is 0 Å². The lowest BCUT2D eigenvalue weighted by Gasteiger charge is -2.34. The molecule has 1 fully saturated rings. The van der Waals surface area contributed by atoms with Crippen LogP contribution in [0.25, 0.3) is 22.2 Å². The first-order valence-corrected chi connectivity index (χ1v) is 8.78. The number of anilines is 1. The van der Waals surface area contributed by atoms with E-state index in [4.69, 9.17) is 14.1 Å². The molecule has 0 unspecified atom stereocenters. The SMILES string of the molecule is CCN1CCN(c2nc(-c3ccc(OC)cc3)cc3ccoc23)CC1. The van der Waals surface area contributed by atoms with Crippen molar-refractivity contribution in [2.45, 2.75) is 6.92 Å². The number of nitrogens with zero attached hydrogens (tertiary/aromatic N) is 3. The molecule has 0 saturated carbocycles. The maximum atomic E-state index is 5.75. The maximum absolute atomic E-state index is 5.75. The number of pyridine rings is 1. The molecule has 1 saturated heterocycles. The summed E-state index contributed by atoms with van der Waals surface area (Å²) in [7, 11) is 1.68. The second-order valence-electron chi connectivity index (χ2n) is 6.32. The van der Waals surface area contributed by atoms with Gasteiger partial charge in [-0.25, -0.2) is 4.98 Å². The Bertz CT molecular complexity index is 849. The Balaban J connectivity index is 1.72. The molecule has 25 heavy (non-hydrogen) atoms. The Morgan fingerprint density at radius 1 is 1.08 bits per heavy atom.